The van der Waals surface area contributed by atoms with Crippen molar-refractivity contribution in [2.75, 3.05) is 33.5 Å². The molecular formula is C18H29ClN2O4. The number of halogens is 1. The number of urea groups is 1. The van der Waals surface area contributed by atoms with Crippen LogP contribution < -0.4 is 20.1 Å². The summed E-state index contributed by atoms with van der Waals surface area (Å²) >= 11 is 6.21. The van der Waals surface area contributed by atoms with Crippen LogP contribution >= 0.6 is 11.6 Å². The molecule has 0 saturated carbocycles. The summed E-state index contributed by atoms with van der Waals surface area (Å²) in [4.78, 5) is 11.8. The Labute approximate surface area is 155 Å². The lowest BCUT2D eigenvalue weighted by Crippen LogP contribution is -2.35. The summed E-state index contributed by atoms with van der Waals surface area (Å²) in [6, 6.07) is 3.33. The molecule has 0 aliphatic rings. The molecule has 25 heavy (non-hydrogen) atoms. The van der Waals surface area contributed by atoms with Gasteiger partial charge in [0.05, 0.1) is 18.7 Å². The van der Waals surface area contributed by atoms with Crippen molar-refractivity contribution >= 4 is 17.6 Å². The van der Waals surface area contributed by atoms with Gasteiger partial charge in [-0.25, -0.2) is 4.79 Å². The van der Waals surface area contributed by atoms with Gasteiger partial charge >= 0.3 is 6.03 Å². The van der Waals surface area contributed by atoms with Crippen molar-refractivity contribution in [3.05, 3.63) is 22.7 Å². The monoisotopic (exact) mass is 372 g/mol. The topological polar surface area (TPSA) is 68.8 Å². The summed E-state index contributed by atoms with van der Waals surface area (Å²) in [5.74, 6) is 1.59. The molecule has 0 aliphatic carbocycles. The number of rotatable bonds is 11. The molecule has 2 N–H and O–H groups in total. The third-order valence-electron chi connectivity index (χ3n) is 3.23. The van der Waals surface area contributed by atoms with Gasteiger partial charge in [0, 0.05) is 26.3 Å². The fourth-order valence-electron chi connectivity index (χ4n) is 2.10. The fraction of sp³-hybridized carbons (Fsp3) is 0.611. The molecule has 0 unspecified atom stereocenters. The van der Waals surface area contributed by atoms with Crippen molar-refractivity contribution in [3.63, 3.8) is 0 Å². The van der Waals surface area contributed by atoms with E-state index in [1.54, 1.807) is 19.2 Å². The first kappa shape index (κ1) is 21.4. The van der Waals surface area contributed by atoms with Crippen molar-refractivity contribution in [2.24, 2.45) is 5.92 Å². The molecule has 1 aromatic carbocycles. The van der Waals surface area contributed by atoms with Crippen molar-refractivity contribution < 1.29 is 19.0 Å². The number of methoxy groups -OCH3 is 1. The second kappa shape index (κ2) is 11.8. The van der Waals surface area contributed by atoms with Crippen LogP contribution in [0.3, 0.4) is 0 Å². The largest absolute Gasteiger partial charge is 0.493 e. The number of nitrogens with one attached hydrogen (secondary N) is 2. The van der Waals surface area contributed by atoms with E-state index in [0.29, 0.717) is 48.7 Å². The summed E-state index contributed by atoms with van der Waals surface area (Å²) < 4.78 is 16.2. The molecule has 6 nitrogen and oxygen atoms in total. The number of ether oxygens (including phenoxy) is 3. The van der Waals surface area contributed by atoms with Crippen LogP contribution in [-0.2, 0) is 11.3 Å². The van der Waals surface area contributed by atoms with Crippen molar-refractivity contribution in [1.82, 2.24) is 10.6 Å². The smallest absolute Gasteiger partial charge is 0.315 e. The third-order valence-corrected chi connectivity index (χ3v) is 3.51. The Morgan fingerprint density at radius 2 is 2.04 bits per heavy atom. The molecule has 0 radical (unpaired) electrons. The highest BCUT2D eigenvalue weighted by Crippen LogP contribution is 2.36. The van der Waals surface area contributed by atoms with E-state index in [1.165, 1.54) is 0 Å². The van der Waals surface area contributed by atoms with Gasteiger partial charge in [0.1, 0.15) is 0 Å². The molecule has 0 saturated heterocycles. The first-order valence-electron chi connectivity index (χ1n) is 8.56. The molecule has 0 spiro atoms. The van der Waals surface area contributed by atoms with Crippen molar-refractivity contribution in [2.45, 2.75) is 33.7 Å². The Hall–Kier alpha value is -1.66. The van der Waals surface area contributed by atoms with Crippen LogP contribution in [0.1, 0.15) is 32.8 Å². The maximum atomic E-state index is 11.8. The molecule has 0 bridgehead atoms. The van der Waals surface area contributed by atoms with E-state index in [4.69, 9.17) is 25.8 Å². The number of amides is 2. The van der Waals surface area contributed by atoms with Crippen LogP contribution in [0.2, 0.25) is 5.02 Å². The van der Waals surface area contributed by atoms with Crippen molar-refractivity contribution in [3.8, 4) is 11.5 Å². The highest BCUT2D eigenvalue weighted by atomic mass is 35.5. The van der Waals surface area contributed by atoms with Crippen LogP contribution in [0.4, 0.5) is 4.79 Å². The predicted molar refractivity (Wildman–Crippen MR) is 99.7 cm³/mol. The fourth-order valence-corrected chi connectivity index (χ4v) is 2.39. The van der Waals surface area contributed by atoms with Crippen LogP contribution in [0.25, 0.3) is 0 Å². The minimum Gasteiger partial charge on any atom is -0.493 e. The number of benzene rings is 1. The van der Waals surface area contributed by atoms with E-state index in [1.807, 2.05) is 6.92 Å². The van der Waals surface area contributed by atoms with Gasteiger partial charge in [0.25, 0.3) is 0 Å². The zero-order chi connectivity index (χ0) is 18.7. The van der Waals surface area contributed by atoms with Crippen LogP contribution in [0.15, 0.2) is 12.1 Å². The molecule has 0 atom stereocenters. The van der Waals surface area contributed by atoms with Crippen LogP contribution in [0, 0.1) is 5.92 Å². The third kappa shape index (κ3) is 8.31. The van der Waals surface area contributed by atoms with Gasteiger partial charge in [-0.2, -0.15) is 0 Å². The molecular weight excluding hydrogens is 344 g/mol. The van der Waals surface area contributed by atoms with E-state index in [-0.39, 0.29) is 6.03 Å². The van der Waals surface area contributed by atoms with E-state index in [0.717, 1.165) is 18.6 Å². The normalized spacial score (nSPS) is 10.6. The minimum atomic E-state index is -0.229. The van der Waals surface area contributed by atoms with Gasteiger partial charge in [0.15, 0.2) is 11.5 Å². The highest BCUT2D eigenvalue weighted by Gasteiger charge is 2.12. The van der Waals surface area contributed by atoms with E-state index < -0.39 is 0 Å². The summed E-state index contributed by atoms with van der Waals surface area (Å²) in [7, 11) is 1.56. The zero-order valence-electron chi connectivity index (χ0n) is 15.5. The lowest BCUT2D eigenvalue weighted by atomic mass is 10.2. The second-order valence-corrected chi connectivity index (χ2v) is 6.38. The van der Waals surface area contributed by atoms with Crippen molar-refractivity contribution in [1.29, 1.82) is 0 Å². The molecule has 0 aromatic heterocycles. The van der Waals surface area contributed by atoms with Gasteiger partial charge in [0.2, 0.25) is 0 Å². The molecule has 7 heteroatoms. The zero-order valence-corrected chi connectivity index (χ0v) is 16.2. The number of hydrogen-bond donors (Lipinski definition) is 2. The molecule has 1 aromatic rings. The number of carbonyl (C=O) groups is 1. The number of hydrogen-bond acceptors (Lipinski definition) is 4. The average Bonchev–Trinajstić information content (AvgIpc) is 2.57. The lowest BCUT2D eigenvalue weighted by molar-refractivity contribution is 0.108. The van der Waals surface area contributed by atoms with Gasteiger partial charge in [-0.1, -0.05) is 25.4 Å². The Morgan fingerprint density at radius 3 is 2.68 bits per heavy atom. The van der Waals surface area contributed by atoms with Crippen LogP contribution in [0.5, 0.6) is 11.5 Å². The maximum Gasteiger partial charge on any atom is 0.315 e. The van der Waals surface area contributed by atoms with E-state index in [2.05, 4.69) is 24.5 Å². The summed E-state index contributed by atoms with van der Waals surface area (Å²) in [6.45, 7) is 8.88. The molecule has 0 aliphatic heterocycles. The van der Waals surface area contributed by atoms with Gasteiger partial charge in [-0.15, -0.1) is 0 Å². The standard InChI is InChI=1S/C18H29ClN2O4/c1-5-25-17-15(19)9-14(10-16(17)23-4)11-21-18(22)20-7-6-8-24-12-13(2)3/h9-10,13H,5-8,11-12H2,1-4H3,(H2,20,21,22). The maximum absolute atomic E-state index is 11.8. The molecule has 0 fully saturated rings. The summed E-state index contributed by atoms with van der Waals surface area (Å²) in [5, 5.41) is 6.05. The predicted octanol–water partition coefficient (Wildman–Crippen LogP) is 3.61. The Kier molecular flexibility index (Phi) is 10.1. The molecule has 142 valence electrons. The van der Waals surface area contributed by atoms with Gasteiger partial charge in [-0.05, 0) is 37.0 Å². The summed E-state index contributed by atoms with van der Waals surface area (Å²) in [6.07, 6.45) is 0.781. The van der Waals surface area contributed by atoms with Gasteiger partial charge in [-0.3, -0.25) is 0 Å². The second-order valence-electron chi connectivity index (χ2n) is 5.97. The average molecular weight is 373 g/mol. The Bertz CT molecular complexity index is 538. The lowest BCUT2D eigenvalue weighted by Gasteiger charge is -2.14. The summed E-state index contributed by atoms with van der Waals surface area (Å²) in [5.41, 5.74) is 0.834. The SMILES string of the molecule is CCOc1c(Cl)cc(CNC(=O)NCCCOCC(C)C)cc1OC. The van der Waals surface area contributed by atoms with Crippen LogP contribution in [-0.4, -0.2) is 39.5 Å². The molecule has 0 heterocycles. The quantitative estimate of drug-likeness (QED) is 0.582. The first-order chi connectivity index (χ1) is 12.0. The molecule has 1 rings (SSSR count). The van der Waals surface area contributed by atoms with E-state index in [9.17, 15) is 4.79 Å². The highest BCUT2D eigenvalue weighted by molar-refractivity contribution is 6.32. The first-order valence-corrected chi connectivity index (χ1v) is 8.94. The van der Waals surface area contributed by atoms with Gasteiger partial charge < -0.3 is 24.8 Å². The minimum absolute atomic E-state index is 0.229. The number of carbonyl (C=O) groups excluding carboxylic acids is 1. The Morgan fingerprint density at radius 1 is 1.28 bits per heavy atom. The molecule has 2 amide bonds. The van der Waals surface area contributed by atoms with E-state index >= 15 is 0 Å². The Balaban J connectivity index is 2.37.